The van der Waals surface area contributed by atoms with Crippen LogP contribution in [0, 0.1) is 6.92 Å². The SMILES string of the molecule is Cc1ccc(-c2cc(=O)[nH]c(N(C)CCO)n2)cc1. The van der Waals surface area contributed by atoms with E-state index in [1.807, 2.05) is 31.2 Å². The number of hydrogen-bond donors (Lipinski definition) is 2. The van der Waals surface area contributed by atoms with Crippen molar-refractivity contribution in [3.8, 4) is 11.3 Å². The quantitative estimate of drug-likeness (QED) is 0.865. The van der Waals surface area contributed by atoms with Crippen LogP contribution in [-0.2, 0) is 0 Å². The summed E-state index contributed by atoms with van der Waals surface area (Å²) < 4.78 is 0. The number of aryl methyl sites for hydroxylation is 1. The van der Waals surface area contributed by atoms with Crippen LogP contribution in [0.3, 0.4) is 0 Å². The maximum atomic E-state index is 11.7. The minimum absolute atomic E-state index is 0.00890. The number of hydrogen-bond acceptors (Lipinski definition) is 4. The van der Waals surface area contributed by atoms with Gasteiger partial charge in [0.25, 0.3) is 5.56 Å². The van der Waals surface area contributed by atoms with E-state index in [1.165, 1.54) is 6.07 Å². The third kappa shape index (κ3) is 3.20. The highest BCUT2D eigenvalue weighted by molar-refractivity contribution is 5.60. The molecule has 1 aromatic carbocycles. The number of likely N-dealkylation sites (N-methyl/N-ethyl adjacent to an activating group) is 1. The minimum atomic E-state index is -0.203. The first-order valence-corrected chi connectivity index (χ1v) is 6.10. The third-order valence-corrected chi connectivity index (χ3v) is 2.87. The Morgan fingerprint density at radius 2 is 2.00 bits per heavy atom. The van der Waals surface area contributed by atoms with Gasteiger partial charge < -0.3 is 10.0 Å². The Hall–Kier alpha value is -2.14. The summed E-state index contributed by atoms with van der Waals surface area (Å²) in [7, 11) is 1.77. The molecule has 0 radical (unpaired) electrons. The lowest BCUT2D eigenvalue weighted by Crippen LogP contribution is -2.26. The summed E-state index contributed by atoms with van der Waals surface area (Å²) in [4.78, 5) is 20.5. The second kappa shape index (κ2) is 5.67. The van der Waals surface area contributed by atoms with E-state index in [1.54, 1.807) is 11.9 Å². The molecule has 2 N–H and O–H groups in total. The smallest absolute Gasteiger partial charge is 0.252 e. The highest BCUT2D eigenvalue weighted by Crippen LogP contribution is 2.17. The van der Waals surface area contributed by atoms with E-state index >= 15 is 0 Å². The van der Waals surface area contributed by atoms with E-state index in [-0.39, 0.29) is 12.2 Å². The molecule has 0 atom stereocenters. The summed E-state index contributed by atoms with van der Waals surface area (Å²) in [6.45, 7) is 2.44. The molecule has 0 fully saturated rings. The Kier molecular flexibility index (Phi) is 3.97. The molecule has 0 spiro atoms. The van der Waals surface area contributed by atoms with Gasteiger partial charge in [-0.05, 0) is 6.92 Å². The van der Waals surface area contributed by atoms with Gasteiger partial charge in [0.05, 0.1) is 12.3 Å². The monoisotopic (exact) mass is 259 g/mol. The predicted molar refractivity (Wildman–Crippen MR) is 75.4 cm³/mol. The van der Waals surface area contributed by atoms with Crippen LogP contribution in [0.5, 0.6) is 0 Å². The largest absolute Gasteiger partial charge is 0.395 e. The van der Waals surface area contributed by atoms with Crippen molar-refractivity contribution in [2.45, 2.75) is 6.92 Å². The highest BCUT2D eigenvalue weighted by atomic mass is 16.3. The molecule has 0 unspecified atom stereocenters. The van der Waals surface area contributed by atoms with Gasteiger partial charge in [0.2, 0.25) is 5.95 Å². The molecular weight excluding hydrogens is 242 g/mol. The first-order valence-electron chi connectivity index (χ1n) is 6.10. The number of H-pyrrole nitrogens is 1. The van der Waals surface area contributed by atoms with Crippen LogP contribution in [0.1, 0.15) is 5.56 Å². The number of aromatic amines is 1. The normalized spacial score (nSPS) is 10.5. The fourth-order valence-corrected chi connectivity index (χ4v) is 1.75. The van der Waals surface area contributed by atoms with Gasteiger partial charge in [-0.25, -0.2) is 4.98 Å². The zero-order valence-corrected chi connectivity index (χ0v) is 11.1. The fraction of sp³-hybridized carbons (Fsp3) is 0.286. The molecule has 100 valence electrons. The number of benzene rings is 1. The van der Waals surface area contributed by atoms with E-state index in [0.717, 1.165) is 11.1 Å². The molecule has 0 bridgehead atoms. The average molecular weight is 259 g/mol. The van der Waals surface area contributed by atoms with Gasteiger partial charge in [-0.1, -0.05) is 29.8 Å². The van der Waals surface area contributed by atoms with E-state index in [9.17, 15) is 4.79 Å². The fourth-order valence-electron chi connectivity index (χ4n) is 1.75. The maximum Gasteiger partial charge on any atom is 0.252 e. The lowest BCUT2D eigenvalue weighted by molar-refractivity contribution is 0.303. The first kappa shape index (κ1) is 13.3. The number of aliphatic hydroxyl groups is 1. The number of anilines is 1. The molecule has 1 heterocycles. The molecular formula is C14H17N3O2. The molecule has 2 aromatic rings. The molecule has 0 amide bonds. The van der Waals surface area contributed by atoms with Crippen molar-refractivity contribution in [3.05, 3.63) is 46.2 Å². The molecule has 0 aliphatic rings. The number of aromatic nitrogens is 2. The van der Waals surface area contributed by atoms with E-state index in [0.29, 0.717) is 18.2 Å². The van der Waals surface area contributed by atoms with E-state index in [4.69, 9.17) is 5.11 Å². The second-order valence-electron chi connectivity index (χ2n) is 4.47. The van der Waals surface area contributed by atoms with Crippen LogP contribution in [0.4, 0.5) is 5.95 Å². The van der Waals surface area contributed by atoms with Gasteiger partial charge in [0.15, 0.2) is 0 Å². The van der Waals surface area contributed by atoms with Crippen LogP contribution in [0.25, 0.3) is 11.3 Å². The lowest BCUT2D eigenvalue weighted by atomic mass is 10.1. The zero-order chi connectivity index (χ0) is 13.8. The van der Waals surface area contributed by atoms with Crippen LogP contribution in [0.2, 0.25) is 0 Å². The van der Waals surface area contributed by atoms with Gasteiger partial charge in [-0.15, -0.1) is 0 Å². The summed E-state index contributed by atoms with van der Waals surface area (Å²) in [5, 5.41) is 8.92. The van der Waals surface area contributed by atoms with Crippen LogP contribution >= 0.6 is 0 Å². The molecule has 0 aliphatic carbocycles. The van der Waals surface area contributed by atoms with Crippen LogP contribution in [-0.4, -0.2) is 35.3 Å². The van der Waals surface area contributed by atoms with Gasteiger partial charge in [0, 0.05) is 25.2 Å². The zero-order valence-electron chi connectivity index (χ0n) is 11.1. The van der Waals surface area contributed by atoms with Crippen molar-refractivity contribution in [1.29, 1.82) is 0 Å². The van der Waals surface area contributed by atoms with Crippen molar-refractivity contribution in [3.63, 3.8) is 0 Å². The lowest BCUT2D eigenvalue weighted by Gasteiger charge is -2.16. The summed E-state index contributed by atoms with van der Waals surface area (Å²) in [6.07, 6.45) is 0. The first-order chi connectivity index (χ1) is 9.10. The van der Waals surface area contributed by atoms with Crippen molar-refractivity contribution in [1.82, 2.24) is 9.97 Å². The number of rotatable bonds is 4. The molecule has 19 heavy (non-hydrogen) atoms. The van der Waals surface area contributed by atoms with Crippen molar-refractivity contribution in [2.75, 3.05) is 25.1 Å². The van der Waals surface area contributed by atoms with Gasteiger partial charge in [-0.2, -0.15) is 0 Å². The predicted octanol–water partition coefficient (Wildman–Crippen LogP) is 1.17. The summed E-state index contributed by atoms with van der Waals surface area (Å²) in [6, 6.07) is 9.31. The van der Waals surface area contributed by atoms with Gasteiger partial charge in [-0.3, -0.25) is 9.78 Å². The van der Waals surface area contributed by atoms with Crippen molar-refractivity contribution >= 4 is 5.95 Å². The van der Waals surface area contributed by atoms with Crippen LogP contribution in [0.15, 0.2) is 35.1 Å². The summed E-state index contributed by atoms with van der Waals surface area (Å²) in [5.41, 5.74) is 2.48. The minimum Gasteiger partial charge on any atom is -0.395 e. The Bertz CT molecular complexity index is 605. The van der Waals surface area contributed by atoms with Gasteiger partial charge >= 0.3 is 0 Å². The molecule has 1 aromatic heterocycles. The topological polar surface area (TPSA) is 69.2 Å². The molecule has 0 saturated carbocycles. The Morgan fingerprint density at radius 3 is 2.63 bits per heavy atom. The summed E-state index contributed by atoms with van der Waals surface area (Å²) >= 11 is 0. The molecule has 5 heteroatoms. The van der Waals surface area contributed by atoms with Crippen molar-refractivity contribution < 1.29 is 5.11 Å². The van der Waals surface area contributed by atoms with Gasteiger partial charge in [0.1, 0.15) is 0 Å². The highest BCUT2D eigenvalue weighted by Gasteiger charge is 2.07. The number of nitrogens with zero attached hydrogens (tertiary/aromatic N) is 2. The molecule has 5 nitrogen and oxygen atoms in total. The van der Waals surface area contributed by atoms with E-state index < -0.39 is 0 Å². The number of aliphatic hydroxyl groups excluding tert-OH is 1. The third-order valence-electron chi connectivity index (χ3n) is 2.87. The van der Waals surface area contributed by atoms with Crippen molar-refractivity contribution in [2.24, 2.45) is 0 Å². The molecule has 2 rings (SSSR count). The summed E-state index contributed by atoms with van der Waals surface area (Å²) in [5.74, 6) is 0.456. The Labute approximate surface area is 111 Å². The number of nitrogens with one attached hydrogen (secondary N) is 1. The molecule has 0 saturated heterocycles. The Morgan fingerprint density at radius 1 is 1.32 bits per heavy atom. The standard InChI is InChI=1S/C14H17N3O2/c1-10-3-5-11(6-4-10)12-9-13(19)16-14(15-12)17(2)7-8-18/h3-6,9,18H,7-8H2,1-2H3,(H,15,16,19). The second-order valence-corrected chi connectivity index (χ2v) is 4.47. The Balaban J connectivity index is 2.41. The van der Waals surface area contributed by atoms with E-state index in [2.05, 4.69) is 9.97 Å². The molecule has 0 aliphatic heterocycles. The van der Waals surface area contributed by atoms with Crippen LogP contribution < -0.4 is 10.5 Å². The average Bonchev–Trinajstić information content (AvgIpc) is 2.39. The maximum absolute atomic E-state index is 11.7.